The number of quaternary nitrogens is 1. The van der Waals surface area contributed by atoms with Crippen LogP contribution < -0.4 is 15.1 Å². The number of anilines is 2. The molecule has 8 heteroatoms. The SMILES string of the molecule is CS(=O)(=O)c1ccccc1NC(=O)C[NH+]1CCN(c2ccc(F)cc2)CC1. The molecule has 1 saturated heterocycles. The molecule has 2 aromatic carbocycles. The molecule has 2 aromatic rings. The van der Waals surface area contributed by atoms with Crippen LogP contribution in [0.25, 0.3) is 0 Å². The van der Waals surface area contributed by atoms with Crippen LogP contribution in [0.15, 0.2) is 53.4 Å². The van der Waals surface area contributed by atoms with Gasteiger partial charge in [-0.15, -0.1) is 0 Å². The molecule has 6 nitrogen and oxygen atoms in total. The van der Waals surface area contributed by atoms with Crippen LogP contribution in [0.1, 0.15) is 0 Å². The first kappa shape index (κ1) is 19.3. The molecule has 0 spiro atoms. The number of sulfone groups is 1. The van der Waals surface area contributed by atoms with Crippen molar-refractivity contribution < 1.29 is 22.5 Å². The van der Waals surface area contributed by atoms with E-state index in [9.17, 15) is 17.6 Å². The zero-order valence-electron chi connectivity index (χ0n) is 15.1. The number of halogens is 1. The van der Waals surface area contributed by atoms with Crippen LogP contribution in [0.5, 0.6) is 0 Å². The highest BCUT2D eigenvalue weighted by Crippen LogP contribution is 2.20. The number of nitrogens with one attached hydrogen (secondary N) is 2. The third-order valence-electron chi connectivity index (χ3n) is 4.63. The Morgan fingerprint density at radius 3 is 2.37 bits per heavy atom. The van der Waals surface area contributed by atoms with Gasteiger partial charge in [-0.05, 0) is 36.4 Å². The van der Waals surface area contributed by atoms with Crippen molar-refractivity contribution in [3.8, 4) is 0 Å². The molecule has 144 valence electrons. The fourth-order valence-electron chi connectivity index (χ4n) is 3.22. The third kappa shape index (κ3) is 5.05. The van der Waals surface area contributed by atoms with Crippen molar-refractivity contribution in [2.24, 2.45) is 0 Å². The maximum atomic E-state index is 13.0. The number of hydrogen-bond acceptors (Lipinski definition) is 4. The van der Waals surface area contributed by atoms with E-state index in [0.717, 1.165) is 43.0 Å². The molecule has 1 aliphatic heterocycles. The summed E-state index contributed by atoms with van der Waals surface area (Å²) in [6.45, 7) is 3.37. The fraction of sp³-hybridized carbons (Fsp3) is 0.316. The zero-order chi connectivity index (χ0) is 19.4. The Hall–Kier alpha value is -2.45. The molecule has 3 rings (SSSR count). The smallest absolute Gasteiger partial charge is 0.279 e. The molecule has 0 saturated carbocycles. The second-order valence-electron chi connectivity index (χ2n) is 6.71. The summed E-state index contributed by atoms with van der Waals surface area (Å²) in [6, 6.07) is 12.8. The van der Waals surface area contributed by atoms with E-state index in [1.165, 1.54) is 18.2 Å². The molecule has 0 atom stereocenters. The molecule has 0 bridgehead atoms. The fourth-order valence-corrected chi connectivity index (χ4v) is 4.07. The highest BCUT2D eigenvalue weighted by atomic mass is 32.2. The number of rotatable bonds is 5. The molecule has 2 N–H and O–H groups in total. The van der Waals surface area contributed by atoms with E-state index >= 15 is 0 Å². The van der Waals surface area contributed by atoms with Gasteiger partial charge in [-0.2, -0.15) is 0 Å². The Kier molecular flexibility index (Phi) is 5.76. The number of amides is 1. The maximum absolute atomic E-state index is 13.0. The summed E-state index contributed by atoms with van der Waals surface area (Å²) in [5.41, 5.74) is 1.29. The number of nitrogens with zero attached hydrogens (tertiary/aromatic N) is 1. The maximum Gasteiger partial charge on any atom is 0.279 e. The molecule has 0 radical (unpaired) electrons. The second kappa shape index (κ2) is 8.06. The molecule has 0 unspecified atom stereocenters. The summed E-state index contributed by atoms with van der Waals surface area (Å²) in [5.74, 6) is -0.467. The second-order valence-corrected chi connectivity index (χ2v) is 8.69. The van der Waals surface area contributed by atoms with Gasteiger partial charge < -0.3 is 15.1 Å². The Bertz CT molecular complexity index is 908. The lowest BCUT2D eigenvalue weighted by atomic mass is 10.2. The van der Waals surface area contributed by atoms with Gasteiger partial charge in [-0.25, -0.2) is 12.8 Å². The number of carbonyl (C=O) groups excluding carboxylic acids is 1. The van der Waals surface area contributed by atoms with Crippen LogP contribution in [0, 0.1) is 5.82 Å². The molecule has 1 aliphatic rings. The Morgan fingerprint density at radius 1 is 1.11 bits per heavy atom. The van der Waals surface area contributed by atoms with Gasteiger partial charge in [0.15, 0.2) is 16.4 Å². The van der Waals surface area contributed by atoms with Crippen molar-refractivity contribution in [3.63, 3.8) is 0 Å². The van der Waals surface area contributed by atoms with Gasteiger partial charge in [-0.3, -0.25) is 4.79 Å². The van der Waals surface area contributed by atoms with Crippen molar-refractivity contribution in [1.82, 2.24) is 0 Å². The molecule has 1 amide bonds. The Labute approximate surface area is 158 Å². The number of hydrogen-bond donors (Lipinski definition) is 2. The largest absolute Gasteiger partial charge is 0.360 e. The number of para-hydroxylation sites is 1. The summed E-state index contributed by atoms with van der Waals surface area (Å²) in [5, 5.41) is 2.72. The first-order valence-corrected chi connectivity index (χ1v) is 10.6. The average Bonchev–Trinajstić information content (AvgIpc) is 2.62. The van der Waals surface area contributed by atoms with Gasteiger partial charge in [0.05, 0.1) is 36.8 Å². The lowest BCUT2D eigenvalue weighted by Crippen LogP contribution is -3.15. The standard InChI is InChI=1S/C19H22FN3O3S/c1-27(25,26)18-5-3-2-4-17(18)21-19(24)14-22-10-12-23(13-11-22)16-8-6-15(20)7-9-16/h2-9H,10-14H2,1H3,(H,21,24)/p+1. The monoisotopic (exact) mass is 392 g/mol. The predicted octanol–water partition coefficient (Wildman–Crippen LogP) is 0.573. The lowest BCUT2D eigenvalue weighted by molar-refractivity contribution is -0.892. The van der Waals surface area contributed by atoms with Crippen LogP contribution in [-0.4, -0.2) is 53.3 Å². The molecule has 0 aromatic heterocycles. The third-order valence-corrected chi connectivity index (χ3v) is 5.79. The van der Waals surface area contributed by atoms with E-state index in [0.29, 0.717) is 5.69 Å². The van der Waals surface area contributed by atoms with Crippen LogP contribution in [-0.2, 0) is 14.6 Å². The minimum atomic E-state index is -3.41. The van der Waals surface area contributed by atoms with Crippen LogP contribution in [0.2, 0.25) is 0 Å². The first-order valence-electron chi connectivity index (χ1n) is 8.76. The summed E-state index contributed by atoms with van der Waals surface area (Å²) in [4.78, 5) is 15.8. The van der Waals surface area contributed by atoms with E-state index in [-0.39, 0.29) is 23.2 Å². The predicted molar refractivity (Wildman–Crippen MR) is 102 cm³/mol. The van der Waals surface area contributed by atoms with Crippen molar-refractivity contribution in [2.45, 2.75) is 4.90 Å². The summed E-state index contributed by atoms with van der Waals surface area (Å²) >= 11 is 0. The van der Waals surface area contributed by atoms with E-state index < -0.39 is 9.84 Å². The van der Waals surface area contributed by atoms with Crippen molar-refractivity contribution in [3.05, 3.63) is 54.3 Å². The minimum Gasteiger partial charge on any atom is -0.360 e. The van der Waals surface area contributed by atoms with Crippen molar-refractivity contribution >= 4 is 27.1 Å². The van der Waals surface area contributed by atoms with Gasteiger partial charge in [0.1, 0.15) is 5.82 Å². The average molecular weight is 392 g/mol. The van der Waals surface area contributed by atoms with Gasteiger partial charge in [0.25, 0.3) is 5.91 Å². The number of carbonyl (C=O) groups is 1. The summed E-state index contributed by atoms with van der Waals surface area (Å²) in [7, 11) is -3.41. The molecule has 1 fully saturated rings. The first-order chi connectivity index (χ1) is 12.8. The lowest BCUT2D eigenvalue weighted by Gasteiger charge is -2.33. The summed E-state index contributed by atoms with van der Waals surface area (Å²) in [6.07, 6.45) is 1.12. The van der Waals surface area contributed by atoms with Gasteiger partial charge in [-0.1, -0.05) is 12.1 Å². The Balaban J connectivity index is 1.55. The van der Waals surface area contributed by atoms with E-state index in [1.807, 2.05) is 0 Å². The zero-order valence-corrected chi connectivity index (χ0v) is 15.9. The van der Waals surface area contributed by atoms with E-state index in [4.69, 9.17) is 0 Å². The van der Waals surface area contributed by atoms with E-state index in [2.05, 4.69) is 10.2 Å². The normalized spacial score (nSPS) is 15.6. The quantitative estimate of drug-likeness (QED) is 0.781. The van der Waals surface area contributed by atoms with E-state index in [1.54, 1.807) is 30.3 Å². The Morgan fingerprint density at radius 2 is 1.74 bits per heavy atom. The highest BCUT2D eigenvalue weighted by Gasteiger charge is 2.23. The number of piperazine rings is 1. The van der Waals surface area contributed by atoms with Crippen LogP contribution in [0.4, 0.5) is 15.8 Å². The topological polar surface area (TPSA) is 70.9 Å². The minimum absolute atomic E-state index is 0.120. The van der Waals surface area contributed by atoms with Gasteiger partial charge >= 0.3 is 0 Å². The van der Waals surface area contributed by atoms with Gasteiger partial charge in [0.2, 0.25) is 0 Å². The van der Waals surface area contributed by atoms with Crippen LogP contribution in [0.3, 0.4) is 0 Å². The molecular weight excluding hydrogens is 369 g/mol. The van der Waals surface area contributed by atoms with Crippen LogP contribution >= 0.6 is 0 Å². The van der Waals surface area contributed by atoms with Gasteiger partial charge in [0, 0.05) is 11.9 Å². The molecule has 0 aliphatic carbocycles. The molecular formula is C19H23FN3O3S+. The van der Waals surface area contributed by atoms with Crippen molar-refractivity contribution in [2.75, 3.05) is 49.2 Å². The van der Waals surface area contributed by atoms with Crippen molar-refractivity contribution in [1.29, 1.82) is 0 Å². The number of benzene rings is 2. The highest BCUT2D eigenvalue weighted by molar-refractivity contribution is 7.90. The summed E-state index contributed by atoms with van der Waals surface area (Å²) < 4.78 is 36.7. The molecule has 1 heterocycles. The molecule has 27 heavy (non-hydrogen) atoms.